The highest BCUT2D eigenvalue weighted by atomic mass is 127. The number of nitrogens with one attached hydrogen (secondary N) is 2. The van der Waals surface area contributed by atoms with Gasteiger partial charge in [-0.3, -0.25) is 0 Å². The Morgan fingerprint density at radius 3 is 3.00 bits per heavy atom. The summed E-state index contributed by atoms with van der Waals surface area (Å²) in [5.74, 6) is 3.49. The third-order valence-electron chi connectivity index (χ3n) is 4.41. The second-order valence-corrected chi connectivity index (χ2v) is 7.64. The summed E-state index contributed by atoms with van der Waals surface area (Å²) in [6.45, 7) is 7.71. The Kier molecular flexibility index (Phi) is 8.83. The standard InChI is InChI=1S/C18H28N6S.HI/c1-3-19-18(20-12-14(2)11-15-7-6-10-25-15)21-13-17-23-22-16-8-4-5-9-24(16)17;/h6-7,10,14H,3-5,8-9,11-13H2,1-2H3,(H2,19,20,21);1H. The molecule has 144 valence electrons. The number of guanidine groups is 1. The number of aliphatic imine (C=N–C) groups is 1. The number of hydrogen-bond acceptors (Lipinski definition) is 4. The van der Waals surface area contributed by atoms with Gasteiger partial charge in [-0.1, -0.05) is 13.0 Å². The lowest BCUT2D eigenvalue weighted by atomic mass is 10.1. The molecule has 3 rings (SSSR count). The van der Waals surface area contributed by atoms with Crippen LogP contribution in [0.4, 0.5) is 0 Å². The van der Waals surface area contributed by atoms with E-state index in [-0.39, 0.29) is 24.0 Å². The van der Waals surface area contributed by atoms with Crippen molar-refractivity contribution < 1.29 is 0 Å². The second-order valence-electron chi connectivity index (χ2n) is 6.61. The van der Waals surface area contributed by atoms with Crippen molar-refractivity contribution in [3.8, 4) is 0 Å². The summed E-state index contributed by atoms with van der Waals surface area (Å²) in [7, 11) is 0. The van der Waals surface area contributed by atoms with Gasteiger partial charge in [-0.15, -0.1) is 45.5 Å². The third kappa shape index (κ3) is 5.94. The Balaban J connectivity index is 0.00000243. The van der Waals surface area contributed by atoms with Gasteiger partial charge in [0.15, 0.2) is 11.8 Å². The summed E-state index contributed by atoms with van der Waals surface area (Å²) in [6, 6.07) is 4.32. The maximum atomic E-state index is 4.71. The lowest BCUT2D eigenvalue weighted by Crippen LogP contribution is -2.39. The molecule has 0 radical (unpaired) electrons. The molecule has 8 heteroatoms. The quantitative estimate of drug-likeness (QED) is 0.357. The summed E-state index contributed by atoms with van der Waals surface area (Å²) in [5, 5.41) is 17.6. The zero-order valence-corrected chi connectivity index (χ0v) is 18.7. The van der Waals surface area contributed by atoms with Gasteiger partial charge in [0, 0.05) is 30.9 Å². The van der Waals surface area contributed by atoms with Gasteiger partial charge in [0.2, 0.25) is 0 Å². The summed E-state index contributed by atoms with van der Waals surface area (Å²) >= 11 is 1.83. The van der Waals surface area contributed by atoms with Gasteiger partial charge < -0.3 is 15.2 Å². The molecule has 0 spiro atoms. The number of aromatic nitrogens is 3. The Hall–Kier alpha value is -1.16. The van der Waals surface area contributed by atoms with Crippen molar-refractivity contribution >= 4 is 41.3 Å². The van der Waals surface area contributed by atoms with E-state index < -0.39 is 0 Å². The first-order valence-electron chi connectivity index (χ1n) is 9.21. The Morgan fingerprint density at radius 2 is 2.23 bits per heavy atom. The van der Waals surface area contributed by atoms with Gasteiger partial charge in [-0.05, 0) is 43.6 Å². The van der Waals surface area contributed by atoms with Crippen molar-refractivity contribution in [2.45, 2.75) is 52.6 Å². The Bertz CT molecular complexity index is 682. The number of fused-ring (bicyclic) bond motifs is 1. The third-order valence-corrected chi connectivity index (χ3v) is 5.31. The highest BCUT2D eigenvalue weighted by Crippen LogP contribution is 2.15. The van der Waals surface area contributed by atoms with E-state index in [0.29, 0.717) is 12.5 Å². The Labute approximate surface area is 176 Å². The predicted octanol–water partition coefficient (Wildman–Crippen LogP) is 3.23. The van der Waals surface area contributed by atoms with Gasteiger partial charge in [-0.25, -0.2) is 4.99 Å². The van der Waals surface area contributed by atoms with E-state index in [1.807, 2.05) is 11.3 Å². The topological polar surface area (TPSA) is 67.1 Å². The zero-order valence-electron chi connectivity index (χ0n) is 15.6. The van der Waals surface area contributed by atoms with E-state index in [0.717, 1.165) is 50.1 Å². The van der Waals surface area contributed by atoms with E-state index in [4.69, 9.17) is 4.99 Å². The van der Waals surface area contributed by atoms with Gasteiger partial charge in [0.1, 0.15) is 12.4 Å². The maximum Gasteiger partial charge on any atom is 0.191 e. The smallest absolute Gasteiger partial charge is 0.191 e. The molecule has 2 aromatic rings. The van der Waals surface area contributed by atoms with Crippen LogP contribution in [0.1, 0.15) is 43.2 Å². The fourth-order valence-corrected chi connectivity index (χ4v) is 3.96. The fourth-order valence-electron chi connectivity index (χ4n) is 3.09. The molecule has 0 fully saturated rings. The van der Waals surface area contributed by atoms with Crippen LogP contribution >= 0.6 is 35.3 Å². The lowest BCUT2D eigenvalue weighted by Gasteiger charge is -2.16. The van der Waals surface area contributed by atoms with Crippen molar-refractivity contribution in [1.29, 1.82) is 0 Å². The molecule has 1 aliphatic heterocycles. The number of rotatable bonds is 7. The van der Waals surface area contributed by atoms with E-state index in [9.17, 15) is 0 Å². The number of thiophene rings is 1. The molecule has 0 bridgehead atoms. The maximum absolute atomic E-state index is 4.71. The first-order valence-corrected chi connectivity index (χ1v) is 10.1. The van der Waals surface area contributed by atoms with Gasteiger partial charge in [0.25, 0.3) is 0 Å². The molecule has 1 unspecified atom stereocenters. The van der Waals surface area contributed by atoms with Crippen LogP contribution in [-0.2, 0) is 25.9 Å². The molecule has 2 N–H and O–H groups in total. The van der Waals surface area contributed by atoms with Crippen LogP contribution in [0.2, 0.25) is 0 Å². The van der Waals surface area contributed by atoms with Crippen LogP contribution in [0.5, 0.6) is 0 Å². The van der Waals surface area contributed by atoms with Gasteiger partial charge in [-0.2, -0.15) is 0 Å². The average molecular weight is 488 g/mol. The molecule has 26 heavy (non-hydrogen) atoms. The second kappa shape index (κ2) is 10.9. The van der Waals surface area contributed by atoms with E-state index in [1.54, 1.807) is 0 Å². The van der Waals surface area contributed by atoms with Crippen LogP contribution in [0.3, 0.4) is 0 Å². The predicted molar refractivity (Wildman–Crippen MR) is 118 cm³/mol. The molecule has 3 heterocycles. The number of hydrogen-bond donors (Lipinski definition) is 2. The van der Waals surface area contributed by atoms with Crippen LogP contribution < -0.4 is 10.6 Å². The molecular formula is C18H29IN6S. The molecule has 2 aromatic heterocycles. The molecule has 0 aromatic carbocycles. The van der Waals surface area contributed by atoms with Gasteiger partial charge >= 0.3 is 0 Å². The van der Waals surface area contributed by atoms with Crippen LogP contribution in [0, 0.1) is 5.92 Å². The highest BCUT2D eigenvalue weighted by molar-refractivity contribution is 14.0. The Morgan fingerprint density at radius 1 is 1.35 bits per heavy atom. The highest BCUT2D eigenvalue weighted by Gasteiger charge is 2.15. The van der Waals surface area contributed by atoms with E-state index >= 15 is 0 Å². The summed E-state index contributed by atoms with van der Waals surface area (Å²) in [6.07, 6.45) is 4.56. The fraction of sp³-hybridized carbons (Fsp3) is 0.611. The summed E-state index contributed by atoms with van der Waals surface area (Å²) in [5.41, 5.74) is 0. The molecule has 0 saturated heterocycles. The molecule has 1 atom stereocenters. The minimum absolute atomic E-state index is 0. The first-order chi connectivity index (χ1) is 12.3. The van der Waals surface area contributed by atoms with Crippen LogP contribution in [-0.4, -0.2) is 33.8 Å². The summed E-state index contributed by atoms with van der Waals surface area (Å²) in [4.78, 5) is 6.14. The number of nitrogens with zero attached hydrogens (tertiary/aromatic N) is 4. The van der Waals surface area contributed by atoms with Crippen LogP contribution in [0.25, 0.3) is 0 Å². The van der Waals surface area contributed by atoms with Gasteiger partial charge in [0.05, 0.1) is 0 Å². The number of aryl methyl sites for hydroxylation is 1. The molecule has 0 saturated carbocycles. The van der Waals surface area contributed by atoms with E-state index in [2.05, 4.69) is 56.8 Å². The largest absolute Gasteiger partial charge is 0.357 e. The minimum atomic E-state index is 0. The van der Waals surface area contributed by atoms with Crippen molar-refractivity contribution in [2.75, 3.05) is 13.1 Å². The zero-order chi connectivity index (χ0) is 17.5. The monoisotopic (exact) mass is 488 g/mol. The molecule has 0 aliphatic carbocycles. The SMILES string of the molecule is CCNC(=NCc1nnc2n1CCCC2)NCC(C)Cc1cccs1.I. The summed E-state index contributed by atoms with van der Waals surface area (Å²) < 4.78 is 2.23. The van der Waals surface area contributed by atoms with Crippen molar-refractivity contribution in [3.63, 3.8) is 0 Å². The van der Waals surface area contributed by atoms with Crippen molar-refractivity contribution in [2.24, 2.45) is 10.9 Å². The first kappa shape index (κ1) is 21.1. The molecule has 1 aliphatic rings. The van der Waals surface area contributed by atoms with Crippen LogP contribution in [0.15, 0.2) is 22.5 Å². The molecular weight excluding hydrogens is 459 g/mol. The minimum Gasteiger partial charge on any atom is -0.357 e. The normalized spacial score (nSPS) is 15.1. The van der Waals surface area contributed by atoms with Crippen molar-refractivity contribution in [1.82, 2.24) is 25.4 Å². The van der Waals surface area contributed by atoms with E-state index in [1.165, 1.54) is 17.7 Å². The number of halogens is 1. The van der Waals surface area contributed by atoms with Crippen molar-refractivity contribution in [3.05, 3.63) is 34.0 Å². The molecule has 0 amide bonds. The molecule has 6 nitrogen and oxygen atoms in total. The lowest BCUT2D eigenvalue weighted by molar-refractivity contribution is 0.507. The average Bonchev–Trinajstić information content (AvgIpc) is 3.27.